The van der Waals surface area contributed by atoms with Gasteiger partial charge in [-0.3, -0.25) is 9.59 Å². The lowest BCUT2D eigenvalue weighted by Gasteiger charge is -2.11. The molecule has 1 aromatic rings. The van der Waals surface area contributed by atoms with Crippen molar-refractivity contribution < 1.29 is 14.0 Å². The van der Waals surface area contributed by atoms with Crippen molar-refractivity contribution in [1.82, 2.24) is 10.2 Å². The van der Waals surface area contributed by atoms with E-state index in [4.69, 9.17) is 5.73 Å². The number of nitrogens with zero attached hydrogens (tertiary/aromatic N) is 1. The first-order valence-corrected chi connectivity index (χ1v) is 6.35. The largest absolute Gasteiger partial charge is 0.396 e. The Labute approximate surface area is 119 Å². The van der Waals surface area contributed by atoms with Gasteiger partial charge in [-0.15, -0.1) is 0 Å². The molecule has 7 heteroatoms. The monoisotopic (exact) mass is 331 g/mol. The minimum Gasteiger partial charge on any atom is -0.396 e. The van der Waals surface area contributed by atoms with Crippen molar-refractivity contribution in [3.63, 3.8) is 0 Å². The fourth-order valence-electron chi connectivity index (χ4n) is 1.34. The number of amides is 2. The van der Waals surface area contributed by atoms with Gasteiger partial charge in [0.25, 0.3) is 5.91 Å². The zero-order chi connectivity index (χ0) is 14.6. The summed E-state index contributed by atoms with van der Waals surface area (Å²) in [6.45, 7) is 0.208. The minimum absolute atomic E-state index is 0.0852. The van der Waals surface area contributed by atoms with E-state index in [2.05, 4.69) is 21.2 Å². The van der Waals surface area contributed by atoms with Gasteiger partial charge in [-0.25, -0.2) is 4.39 Å². The second-order valence-electron chi connectivity index (χ2n) is 4.15. The summed E-state index contributed by atoms with van der Waals surface area (Å²) >= 11 is 3.09. The molecule has 0 spiro atoms. The Bertz CT molecular complexity index is 506. The van der Waals surface area contributed by atoms with Crippen molar-refractivity contribution in [2.45, 2.75) is 6.42 Å². The number of carbonyl (C=O) groups is 2. The summed E-state index contributed by atoms with van der Waals surface area (Å²) in [5.41, 5.74) is 5.54. The number of carbonyl (C=O) groups excluding carboxylic acids is 2. The van der Waals surface area contributed by atoms with Crippen LogP contribution in [0.2, 0.25) is 0 Å². The number of hydrogen-bond acceptors (Lipinski definition) is 3. The molecule has 19 heavy (non-hydrogen) atoms. The maximum atomic E-state index is 13.1. The lowest BCUT2D eigenvalue weighted by atomic mass is 10.2. The van der Waals surface area contributed by atoms with Gasteiger partial charge in [0.05, 0.1) is 11.3 Å². The van der Waals surface area contributed by atoms with E-state index < -0.39 is 11.7 Å². The average molecular weight is 332 g/mol. The molecule has 0 heterocycles. The lowest BCUT2D eigenvalue weighted by molar-refractivity contribution is -0.128. The van der Waals surface area contributed by atoms with Crippen molar-refractivity contribution >= 4 is 33.4 Å². The number of nitrogen functional groups attached to an aromatic ring is 1. The third-order valence-electron chi connectivity index (χ3n) is 2.45. The van der Waals surface area contributed by atoms with Gasteiger partial charge in [0, 0.05) is 31.5 Å². The molecule has 3 N–H and O–H groups in total. The number of hydrogen-bond donors (Lipinski definition) is 2. The van der Waals surface area contributed by atoms with Crippen LogP contribution in [0.1, 0.15) is 16.8 Å². The molecule has 0 bridgehead atoms. The second kappa shape index (κ2) is 6.51. The van der Waals surface area contributed by atoms with Crippen molar-refractivity contribution in [3.8, 4) is 0 Å². The lowest BCUT2D eigenvalue weighted by Crippen LogP contribution is -2.30. The second-order valence-corrected chi connectivity index (χ2v) is 5.00. The van der Waals surface area contributed by atoms with E-state index in [-0.39, 0.29) is 30.1 Å². The molecule has 2 amide bonds. The van der Waals surface area contributed by atoms with Crippen LogP contribution < -0.4 is 11.1 Å². The third-order valence-corrected chi connectivity index (χ3v) is 3.11. The highest BCUT2D eigenvalue weighted by molar-refractivity contribution is 9.10. The summed E-state index contributed by atoms with van der Waals surface area (Å²) in [5.74, 6) is -1.09. The van der Waals surface area contributed by atoms with Gasteiger partial charge in [0.15, 0.2) is 0 Å². The summed E-state index contributed by atoms with van der Waals surface area (Å²) in [6, 6.07) is 2.39. The first-order chi connectivity index (χ1) is 8.82. The molecular formula is C12H15BrFN3O2. The Morgan fingerprint density at radius 3 is 2.63 bits per heavy atom. The minimum atomic E-state index is -0.591. The predicted octanol–water partition coefficient (Wildman–Crippen LogP) is 1.38. The number of nitrogens with two attached hydrogens (primary N) is 1. The first kappa shape index (κ1) is 15.4. The van der Waals surface area contributed by atoms with E-state index in [1.54, 1.807) is 14.1 Å². The van der Waals surface area contributed by atoms with Crippen LogP contribution >= 0.6 is 15.9 Å². The maximum absolute atomic E-state index is 13.1. The highest BCUT2D eigenvalue weighted by atomic mass is 79.9. The van der Waals surface area contributed by atoms with Gasteiger partial charge >= 0.3 is 0 Å². The van der Waals surface area contributed by atoms with Crippen molar-refractivity contribution in [3.05, 3.63) is 28.0 Å². The predicted molar refractivity (Wildman–Crippen MR) is 74.2 cm³/mol. The van der Waals surface area contributed by atoms with Gasteiger partial charge in [-0.2, -0.15) is 0 Å². The molecule has 0 unspecified atom stereocenters. The molecule has 0 aliphatic rings. The molecule has 0 saturated carbocycles. The van der Waals surface area contributed by atoms with Crippen LogP contribution in [-0.4, -0.2) is 37.4 Å². The highest BCUT2D eigenvalue weighted by Gasteiger charge is 2.13. The Kier molecular flexibility index (Phi) is 5.29. The van der Waals surface area contributed by atoms with Crippen LogP contribution in [-0.2, 0) is 4.79 Å². The van der Waals surface area contributed by atoms with E-state index in [1.807, 2.05) is 0 Å². The zero-order valence-corrected chi connectivity index (χ0v) is 12.3. The molecule has 0 saturated heterocycles. The fraction of sp³-hybridized carbons (Fsp3) is 0.333. The number of rotatable bonds is 4. The van der Waals surface area contributed by atoms with Crippen LogP contribution in [0.3, 0.4) is 0 Å². The Morgan fingerprint density at radius 2 is 2.05 bits per heavy atom. The summed E-state index contributed by atoms with van der Waals surface area (Å²) < 4.78 is 13.4. The van der Waals surface area contributed by atoms with Gasteiger partial charge in [0.2, 0.25) is 5.91 Å². The number of nitrogens with one attached hydrogen (secondary N) is 1. The molecule has 104 valence electrons. The third kappa shape index (κ3) is 4.20. The molecule has 0 atom stereocenters. The molecule has 1 rings (SSSR count). The number of anilines is 1. The summed E-state index contributed by atoms with van der Waals surface area (Å²) in [4.78, 5) is 24.6. The number of benzene rings is 1. The van der Waals surface area contributed by atoms with E-state index in [0.29, 0.717) is 4.47 Å². The maximum Gasteiger partial charge on any atom is 0.252 e. The standard InChI is InChI=1S/C12H15BrFN3O2/c1-17(2)11(18)3-4-16-12(19)7-5-10(15)9(14)6-8(7)13/h5-6H,3-4,15H2,1-2H3,(H,16,19). The number of halogens is 2. The van der Waals surface area contributed by atoms with Crippen molar-refractivity contribution in [1.29, 1.82) is 0 Å². The Hall–Kier alpha value is -1.63. The highest BCUT2D eigenvalue weighted by Crippen LogP contribution is 2.22. The van der Waals surface area contributed by atoms with Crippen molar-refractivity contribution in [2.75, 3.05) is 26.4 Å². The first-order valence-electron chi connectivity index (χ1n) is 5.55. The molecular weight excluding hydrogens is 317 g/mol. The molecule has 0 aromatic heterocycles. The smallest absolute Gasteiger partial charge is 0.252 e. The Balaban J connectivity index is 2.64. The summed E-state index contributed by atoms with van der Waals surface area (Å²) in [6.07, 6.45) is 0.201. The molecule has 0 radical (unpaired) electrons. The van der Waals surface area contributed by atoms with Gasteiger partial charge in [0.1, 0.15) is 5.82 Å². The van der Waals surface area contributed by atoms with Gasteiger partial charge in [-0.1, -0.05) is 0 Å². The van der Waals surface area contributed by atoms with E-state index in [0.717, 1.165) is 6.07 Å². The molecule has 0 aliphatic carbocycles. The van der Waals surface area contributed by atoms with E-state index in [9.17, 15) is 14.0 Å². The average Bonchev–Trinajstić information content (AvgIpc) is 2.33. The van der Waals surface area contributed by atoms with Crippen LogP contribution in [0.4, 0.5) is 10.1 Å². The van der Waals surface area contributed by atoms with Gasteiger partial charge in [-0.05, 0) is 28.1 Å². The van der Waals surface area contributed by atoms with Crippen LogP contribution in [0.25, 0.3) is 0 Å². The summed E-state index contributed by atoms with van der Waals surface area (Å²) in [7, 11) is 3.28. The van der Waals surface area contributed by atoms with Crippen LogP contribution in [0.5, 0.6) is 0 Å². The Morgan fingerprint density at radius 1 is 1.42 bits per heavy atom. The molecule has 1 aromatic carbocycles. The SMILES string of the molecule is CN(C)C(=O)CCNC(=O)c1cc(N)c(F)cc1Br. The molecule has 0 fully saturated rings. The quantitative estimate of drug-likeness (QED) is 0.818. The zero-order valence-electron chi connectivity index (χ0n) is 10.7. The van der Waals surface area contributed by atoms with E-state index >= 15 is 0 Å². The normalized spacial score (nSPS) is 10.1. The molecule has 5 nitrogen and oxygen atoms in total. The fourth-order valence-corrected chi connectivity index (χ4v) is 1.84. The summed E-state index contributed by atoms with van der Waals surface area (Å²) in [5, 5.41) is 2.58. The van der Waals surface area contributed by atoms with Crippen molar-refractivity contribution in [2.24, 2.45) is 0 Å². The van der Waals surface area contributed by atoms with Crippen LogP contribution in [0, 0.1) is 5.82 Å². The van der Waals surface area contributed by atoms with Crippen LogP contribution in [0.15, 0.2) is 16.6 Å². The topological polar surface area (TPSA) is 75.4 Å². The van der Waals surface area contributed by atoms with Gasteiger partial charge < -0.3 is 16.0 Å². The van der Waals surface area contributed by atoms with E-state index in [1.165, 1.54) is 11.0 Å². The molecule has 0 aliphatic heterocycles.